The maximum Gasteiger partial charge on any atom is 0.264 e. The highest BCUT2D eigenvalue weighted by Crippen LogP contribution is 2.30. The molecule has 218 valence electrons. The van der Waals surface area contributed by atoms with Gasteiger partial charge in [-0.1, -0.05) is 44.2 Å². The Bertz CT molecular complexity index is 1780. The number of aryl methyl sites for hydroxylation is 2. The molecule has 1 aliphatic rings. The van der Waals surface area contributed by atoms with Crippen LogP contribution in [0, 0.1) is 19.8 Å². The number of hydrogen-bond donors (Lipinski definition) is 2. The Kier molecular flexibility index (Phi) is 8.13. The Balaban J connectivity index is 1.68. The maximum atomic E-state index is 14.0. The van der Waals surface area contributed by atoms with Gasteiger partial charge in [-0.05, 0) is 61.6 Å². The van der Waals surface area contributed by atoms with Crippen molar-refractivity contribution in [1.29, 1.82) is 0 Å². The van der Waals surface area contributed by atoms with E-state index in [1.165, 1.54) is 24.4 Å². The lowest BCUT2D eigenvalue weighted by Gasteiger charge is -2.33. The summed E-state index contributed by atoms with van der Waals surface area (Å²) in [7, 11) is -4.17. The first-order chi connectivity index (χ1) is 20.0. The number of sulfonamides is 1. The van der Waals surface area contributed by atoms with Crippen LogP contribution in [0.5, 0.6) is 5.88 Å². The van der Waals surface area contributed by atoms with Crippen molar-refractivity contribution in [3.8, 4) is 17.1 Å². The molecule has 10 nitrogen and oxygen atoms in total. The molecule has 0 fully saturated rings. The summed E-state index contributed by atoms with van der Waals surface area (Å²) in [4.78, 5) is 39.7. The quantitative estimate of drug-likeness (QED) is 0.346. The van der Waals surface area contributed by atoms with E-state index in [-0.39, 0.29) is 46.9 Å². The van der Waals surface area contributed by atoms with Crippen LogP contribution in [0.15, 0.2) is 76.6 Å². The molecule has 1 atom stereocenters. The first-order valence-electron chi connectivity index (χ1n) is 13.7. The van der Waals surface area contributed by atoms with E-state index in [2.05, 4.69) is 19.7 Å². The van der Waals surface area contributed by atoms with E-state index in [4.69, 9.17) is 4.74 Å². The number of carbonyl (C=O) groups is 1. The molecule has 5 rings (SSSR count). The molecule has 0 saturated carbocycles. The zero-order chi connectivity index (χ0) is 30.0. The van der Waals surface area contributed by atoms with Crippen molar-refractivity contribution in [1.82, 2.24) is 19.9 Å². The fraction of sp³-hybridized carbons (Fsp3) is 0.290. The van der Waals surface area contributed by atoms with Crippen molar-refractivity contribution in [2.75, 3.05) is 11.3 Å². The van der Waals surface area contributed by atoms with Gasteiger partial charge in [0, 0.05) is 29.0 Å². The summed E-state index contributed by atoms with van der Waals surface area (Å²) in [6, 6.07) is 16.2. The summed E-state index contributed by atoms with van der Waals surface area (Å²) in [5, 5.41) is 0. The Morgan fingerprint density at radius 3 is 2.45 bits per heavy atom. The molecule has 0 spiro atoms. The second-order valence-electron chi connectivity index (χ2n) is 10.9. The van der Waals surface area contributed by atoms with E-state index >= 15 is 0 Å². The molecule has 0 saturated heterocycles. The average Bonchev–Trinajstić information content (AvgIpc) is 2.94. The van der Waals surface area contributed by atoms with Crippen LogP contribution in [0.4, 0.5) is 5.95 Å². The van der Waals surface area contributed by atoms with Gasteiger partial charge in [-0.15, -0.1) is 0 Å². The van der Waals surface area contributed by atoms with Gasteiger partial charge >= 0.3 is 0 Å². The van der Waals surface area contributed by atoms with Gasteiger partial charge in [0.05, 0.1) is 23.2 Å². The van der Waals surface area contributed by atoms with Gasteiger partial charge in [0.2, 0.25) is 11.8 Å². The molecule has 0 radical (unpaired) electrons. The smallest absolute Gasteiger partial charge is 0.264 e. The Labute approximate surface area is 244 Å². The summed E-state index contributed by atoms with van der Waals surface area (Å²) < 4.78 is 35.7. The number of carbonyl (C=O) groups excluding carboxylic acids is 1. The number of aromatic amines is 1. The summed E-state index contributed by atoms with van der Waals surface area (Å²) in [6.07, 6.45) is 2.10. The fourth-order valence-corrected chi connectivity index (χ4v) is 6.16. The predicted octanol–water partition coefficient (Wildman–Crippen LogP) is 4.70. The zero-order valence-corrected chi connectivity index (χ0v) is 24.7. The first-order valence-corrected chi connectivity index (χ1v) is 15.2. The highest BCUT2D eigenvalue weighted by atomic mass is 32.2. The number of aromatic nitrogens is 3. The monoisotopic (exact) mass is 587 g/mol. The molecular formula is C31H33N5O5S. The van der Waals surface area contributed by atoms with Crippen molar-refractivity contribution in [3.63, 3.8) is 0 Å². The molecule has 1 aliphatic heterocycles. The minimum absolute atomic E-state index is 0.00760. The Morgan fingerprint density at radius 1 is 1.00 bits per heavy atom. The summed E-state index contributed by atoms with van der Waals surface area (Å²) >= 11 is 0. The van der Waals surface area contributed by atoms with Gasteiger partial charge in [0.15, 0.2) is 0 Å². The summed E-state index contributed by atoms with van der Waals surface area (Å²) in [5.41, 5.74) is 3.52. The third-order valence-electron chi connectivity index (χ3n) is 7.17. The van der Waals surface area contributed by atoms with E-state index in [0.717, 1.165) is 16.7 Å². The molecular weight excluding hydrogens is 554 g/mol. The number of nitrogens with one attached hydrogen (secondary N) is 2. The van der Waals surface area contributed by atoms with Gasteiger partial charge in [-0.2, -0.15) is 4.98 Å². The molecule has 2 N–H and O–H groups in total. The highest BCUT2D eigenvalue weighted by Gasteiger charge is 2.29. The van der Waals surface area contributed by atoms with Crippen LogP contribution in [0.2, 0.25) is 0 Å². The summed E-state index contributed by atoms with van der Waals surface area (Å²) in [6.45, 7) is 8.06. The van der Waals surface area contributed by atoms with Gasteiger partial charge in [0.25, 0.3) is 21.5 Å². The molecule has 11 heteroatoms. The standard InChI is InChI=1S/C31H33N5O5S/c1-19(2)14-24-18-41-27-16-26(28-20(3)8-5-9-21(28)4)33-31(34-27)35-42(39,40)25-12-6-10-22(15-25)30(38)36(24)17-23-11-7-13-32-29(23)37/h5-13,15-16,19,24H,14,17-18H2,1-4H3,(H,32,37)(H,33,34,35)/t24-/m1/s1. The third kappa shape index (κ3) is 6.20. The fourth-order valence-electron chi connectivity index (χ4n) is 5.17. The highest BCUT2D eigenvalue weighted by molar-refractivity contribution is 7.92. The van der Waals surface area contributed by atoms with Gasteiger partial charge in [-0.3, -0.25) is 9.59 Å². The lowest BCUT2D eigenvalue weighted by atomic mass is 10.00. The molecule has 2 aromatic heterocycles. The predicted molar refractivity (Wildman–Crippen MR) is 160 cm³/mol. The minimum Gasteiger partial charge on any atom is -0.475 e. The molecule has 2 aromatic carbocycles. The van der Waals surface area contributed by atoms with Gasteiger partial charge < -0.3 is 14.6 Å². The van der Waals surface area contributed by atoms with Crippen LogP contribution in [0.25, 0.3) is 11.3 Å². The van der Waals surface area contributed by atoms with E-state index < -0.39 is 22.0 Å². The van der Waals surface area contributed by atoms with E-state index in [9.17, 15) is 18.0 Å². The molecule has 4 bridgehead atoms. The molecule has 4 aromatic rings. The normalized spacial score (nSPS) is 16.5. The van der Waals surface area contributed by atoms with Crippen molar-refractivity contribution in [3.05, 3.63) is 99.5 Å². The minimum atomic E-state index is -4.17. The van der Waals surface area contributed by atoms with Crippen molar-refractivity contribution >= 4 is 21.9 Å². The van der Waals surface area contributed by atoms with Crippen molar-refractivity contribution < 1.29 is 17.9 Å². The lowest BCUT2D eigenvalue weighted by Crippen LogP contribution is -2.45. The third-order valence-corrected chi connectivity index (χ3v) is 8.49. The van der Waals surface area contributed by atoms with Crippen LogP contribution < -0.4 is 15.0 Å². The van der Waals surface area contributed by atoms with Crippen LogP contribution >= 0.6 is 0 Å². The van der Waals surface area contributed by atoms with Crippen molar-refractivity contribution in [2.24, 2.45) is 5.92 Å². The van der Waals surface area contributed by atoms with Gasteiger partial charge in [-0.25, -0.2) is 18.1 Å². The number of ether oxygens (including phenoxy) is 1. The van der Waals surface area contributed by atoms with E-state index in [1.54, 1.807) is 29.2 Å². The number of H-pyrrole nitrogens is 1. The van der Waals surface area contributed by atoms with Crippen molar-refractivity contribution in [2.45, 2.75) is 51.6 Å². The van der Waals surface area contributed by atoms with Crippen LogP contribution in [-0.4, -0.2) is 46.8 Å². The van der Waals surface area contributed by atoms with E-state index in [1.807, 2.05) is 45.9 Å². The number of pyridine rings is 1. The summed E-state index contributed by atoms with van der Waals surface area (Å²) in [5.74, 6) is -0.227. The lowest BCUT2D eigenvalue weighted by molar-refractivity contribution is 0.0552. The van der Waals surface area contributed by atoms with Gasteiger partial charge in [0.1, 0.15) is 6.61 Å². The number of anilines is 1. The zero-order valence-electron chi connectivity index (χ0n) is 23.9. The largest absolute Gasteiger partial charge is 0.475 e. The number of hydrogen-bond acceptors (Lipinski definition) is 7. The van der Waals surface area contributed by atoms with Crippen LogP contribution in [0.1, 0.15) is 47.3 Å². The van der Waals surface area contributed by atoms with E-state index in [0.29, 0.717) is 17.7 Å². The Morgan fingerprint density at radius 2 is 1.74 bits per heavy atom. The Hall–Kier alpha value is -4.51. The number of rotatable bonds is 5. The maximum absolute atomic E-state index is 14.0. The first kappa shape index (κ1) is 29.0. The topological polar surface area (TPSA) is 134 Å². The number of amides is 1. The van der Waals surface area contributed by atoms with Crippen LogP contribution in [-0.2, 0) is 16.6 Å². The molecule has 0 unspecified atom stereocenters. The SMILES string of the molecule is Cc1cccc(C)c1-c1cc2nc(n1)NS(=O)(=O)c1cccc(c1)C(=O)N(Cc1ccc[nH]c1=O)[C@H](CC(C)C)CO2. The number of nitrogens with zero attached hydrogens (tertiary/aromatic N) is 3. The number of benzene rings is 2. The second-order valence-corrected chi connectivity index (χ2v) is 12.5. The molecule has 1 amide bonds. The van der Waals surface area contributed by atoms with Crippen LogP contribution in [0.3, 0.4) is 0 Å². The average molecular weight is 588 g/mol. The second kappa shape index (κ2) is 11.8. The molecule has 0 aliphatic carbocycles. The number of fused-ring (bicyclic) bond motifs is 4. The molecule has 42 heavy (non-hydrogen) atoms. The molecule has 3 heterocycles.